The second-order valence-corrected chi connectivity index (χ2v) is 7.23. The third-order valence-electron chi connectivity index (χ3n) is 5.34. The van der Waals surface area contributed by atoms with Crippen molar-refractivity contribution in [3.63, 3.8) is 0 Å². The van der Waals surface area contributed by atoms with Gasteiger partial charge in [0.1, 0.15) is 11.9 Å². The zero-order valence-corrected chi connectivity index (χ0v) is 16.3. The molecule has 0 aromatic heterocycles. The summed E-state index contributed by atoms with van der Waals surface area (Å²) in [6.07, 6.45) is 1.95. The number of morpholine rings is 1. The lowest BCUT2D eigenvalue weighted by Gasteiger charge is -2.23. The highest BCUT2D eigenvalue weighted by Crippen LogP contribution is 2.41. The molecule has 1 aromatic carbocycles. The van der Waals surface area contributed by atoms with E-state index in [9.17, 15) is 9.59 Å². The maximum Gasteiger partial charge on any atom is 0.254 e. The van der Waals surface area contributed by atoms with Gasteiger partial charge in [-0.3, -0.25) is 9.59 Å². The van der Waals surface area contributed by atoms with Gasteiger partial charge >= 0.3 is 0 Å². The van der Waals surface area contributed by atoms with Crippen LogP contribution in [0, 0.1) is 0 Å². The van der Waals surface area contributed by atoms with Gasteiger partial charge in [-0.2, -0.15) is 0 Å². The number of carbonyl (C=O) groups excluding carboxylic acids is 2. The monoisotopic (exact) mass is 375 g/mol. The van der Waals surface area contributed by atoms with E-state index in [0.717, 1.165) is 38.1 Å². The maximum absolute atomic E-state index is 12.6. The Balaban J connectivity index is 1.65. The van der Waals surface area contributed by atoms with Gasteiger partial charge in [-0.15, -0.1) is 0 Å². The summed E-state index contributed by atoms with van der Waals surface area (Å²) in [4.78, 5) is 24.9. The molecule has 2 amide bonds. The fourth-order valence-corrected chi connectivity index (χ4v) is 3.54. The molecular weight excluding hydrogens is 346 g/mol. The Morgan fingerprint density at radius 1 is 1.26 bits per heavy atom. The standard InChI is InChI=1S/C20H29N3O4/c1-12-13(2)27-18-16(12)9-14(10-17(18)20(25)21-3)19(24)23-6-4-5-15-11-22-7-8-26-15/h9-10,12-13,15,22H,4-8,11H2,1-3H3,(H,21,25)(H,23,24)/t12-,13-,15?/m1/s1. The molecule has 2 heterocycles. The van der Waals surface area contributed by atoms with Crippen LogP contribution in [0.15, 0.2) is 12.1 Å². The molecule has 7 heteroatoms. The Hall–Kier alpha value is -2.12. The van der Waals surface area contributed by atoms with Gasteiger partial charge in [-0.25, -0.2) is 0 Å². The van der Waals surface area contributed by atoms with Crippen molar-refractivity contribution in [1.29, 1.82) is 0 Å². The van der Waals surface area contributed by atoms with Gasteiger partial charge in [0.15, 0.2) is 0 Å². The van der Waals surface area contributed by atoms with Crippen molar-refractivity contribution in [3.05, 3.63) is 28.8 Å². The number of ether oxygens (including phenoxy) is 2. The van der Waals surface area contributed by atoms with Crippen LogP contribution in [0.2, 0.25) is 0 Å². The van der Waals surface area contributed by atoms with Crippen LogP contribution < -0.4 is 20.7 Å². The highest BCUT2D eigenvalue weighted by Gasteiger charge is 2.32. The van der Waals surface area contributed by atoms with E-state index in [1.165, 1.54) is 0 Å². The average Bonchev–Trinajstić information content (AvgIpc) is 2.98. The van der Waals surface area contributed by atoms with Gasteiger partial charge in [0, 0.05) is 43.7 Å². The number of nitrogens with one attached hydrogen (secondary N) is 3. The number of rotatable bonds is 6. The van der Waals surface area contributed by atoms with E-state index in [2.05, 4.69) is 16.0 Å². The van der Waals surface area contributed by atoms with Crippen molar-refractivity contribution in [1.82, 2.24) is 16.0 Å². The average molecular weight is 375 g/mol. The minimum atomic E-state index is -0.246. The Morgan fingerprint density at radius 2 is 2.07 bits per heavy atom. The summed E-state index contributed by atoms with van der Waals surface area (Å²) < 4.78 is 11.5. The molecule has 3 atom stereocenters. The van der Waals surface area contributed by atoms with Crippen molar-refractivity contribution in [3.8, 4) is 5.75 Å². The van der Waals surface area contributed by atoms with Crippen LogP contribution in [0.25, 0.3) is 0 Å². The van der Waals surface area contributed by atoms with E-state index >= 15 is 0 Å². The summed E-state index contributed by atoms with van der Waals surface area (Å²) in [5.41, 5.74) is 1.82. The molecule has 27 heavy (non-hydrogen) atoms. The quantitative estimate of drug-likeness (QED) is 0.655. The second-order valence-electron chi connectivity index (χ2n) is 7.23. The predicted octanol–water partition coefficient (Wildman–Crippen LogP) is 1.43. The number of carbonyl (C=O) groups is 2. The van der Waals surface area contributed by atoms with E-state index < -0.39 is 0 Å². The molecule has 1 unspecified atom stereocenters. The minimum Gasteiger partial charge on any atom is -0.489 e. The predicted molar refractivity (Wildman–Crippen MR) is 103 cm³/mol. The summed E-state index contributed by atoms with van der Waals surface area (Å²) in [5.74, 6) is 0.307. The first-order valence-electron chi connectivity index (χ1n) is 9.68. The van der Waals surface area contributed by atoms with E-state index in [-0.39, 0.29) is 29.9 Å². The van der Waals surface area contributed by atoms with Crippen molar-refractivity contribution in [2.75, 3.05) is 33.3 Å². The molecule has 2 aliphatic rings. The number of fused-ring (bicyclic) bond motifs is 1. The Bertz CT molecular complexity index is 701. The lowest BCUT2D eigenvalue weighted by atomic mass is 9.94. The van der Waals surface area contributed by atoms with Crippen LogP contribution in [-0.2, 0) is 4.74 Å². The topological polar surface area (TPSA) is 88.7 Å². The largest absolute Gasteiger partial charge is 0.489 e. The van der Waals surface area contributed by atoms with Crippen LogP contribution in [0.4, 0.5) is 0 Å². The summed E-state index contributed by atoms with van der Waals surface area (Å²) >= 11 is 0. The van der Waals surface area contributed by atoms with E-state index in [1.807, 2.05) is 19.9 Å². The highest BCUT2D eigenvalue weighted by molar-refractivity contribution is 6.02. The first kappa shape index (κ1) is 19.6. The molecule has 3 N–H and O–H groups in total. The van der Waals surface area contributed by atoms with Gasteiger partial charge < -0.3 is 25.4 Å². The van der Waals surface area contributed by atoms with Crippen molar-refractivity contribution >= 4 is 11.8 Å². The third kappa shape index (κ3) is 4.42. The molecule has 0 saturated carbocycles. The Kier molecular flexibility index (Phi) is 6.34. The van der Waals surface area contributed by atoms with Crippen LogP contribution in [0.1, 0.15) is 58.9 Å². The maximum atomic E-state index is 12.6. The molecule has 3 rings (SSSR count). The molecule has 1 saturated heterocycles. The molecule has 7 nitrogen and oxygen atoms in total. The molecule has 0 spiro atoms. The smallest absolute Gasteiger partial charge is 0.254 e. The van der Waals surface area contributed by atoms with Crippen molar-refractivity contribution < 1.29 is 19.1 Å². The number of amides is 2. The van der Waals surface area contributed by atoms with E-state index in [4.69, 9.17) is 9.47 Å². The molecule has 0 radical (unpaired) electrons. The van der Waals surface area contributed by atoms with E-state index in [0.29, 0.717) is 23.4 Å². The highest BCUT2D eigenvalue weighted by atomic mass is 16.5. The second kappa shape index (κ2) is 8.71. The Labute approximate surface area is 160 Å². The Morgan fingerprint density at radius 3 is 2.78 bits per heavy atom. The van der Waals surface area contributed by atoms with Gasteiger partial charge in [-0.1, -0.05) is 6.92 Å². The first-order valence-corrected chi connectivity index (χ1v) is 9.68. The third-order valence-corrected chi connectivity index (χ3v) is 5.34. The molecule has 0 bridgehead atoms. The fourth-order valence-electron chi connectivity index (χ4n) is 3.54. The normalized spacial score (nSPS) is 24.0. The summed E-state index contributed by atoms with van der Waals surface area (Å²) in [6, 6.07) is 3.46. The molecule has 0 aliphatic carbocycles. The lowest BCUT2D eigenvalue weighted by Crippen LogP contribution is -2.38. The number of hydrogen-bond donors (Lipinski definition) is 3. The summed E-state index contributed by atoms with van der Waals surface area (Å²) in [7, 11) is 1.57. The SMILES string of the molecule is CNC(=O)c1cc(C(=O)NCCCC2CNCCO2)cc2c1O[C@H](C)[C@H]2C. The van der Waals surface area contributed by atoms with Gasteiger partial charge in [-0.05, 0) is 31.9 Å². The van der Waals surface area contributed by atoms with Gasteiger partial charge in [0.25, 0.3) is 11.8 Å². The lowest BCUT2D eigenvalue weighted by molar-refractivity contribution is 0.0225. The van der Waals surface area contributed by atoms with Crippen molar-refractivity contribution in [2.45, 2.75) is 44.8 Å². The van der Waals surface area contributed by atoms with E-state index in [1.54, 1.807) is 13.1 Å². The first-order chi connectivity index (χ1) is 13.0. The zero-order valence-electron chi connectivity index (χ0n) is 16.3. The molecule has 1 aromatic rings. The zero-order chi connectivity index (χ0) is 19.4. The van der Waals surface area contributed by atoms with Crippen LogP contribution in [-0.4, -0.2) is 57.3 Å². The van der Waals surface area contributed by atoms with Gasteiger partial charge in [0.2, 0.25) is 0 Å². The summed E-state index contributed by atoms with van der Waals surface area (Å²) in [5, 5.41) is 8.88. The molecule has 2 aliphatic heterocycles. The minimum absolute atomic E-state index is 0.0224. The summed E-state index contributed by atoms with van der Waals surface area (Å²) in [6.45, 7) is 7.11. The van der Waals surface area contributed by atoms with Crippen LogP contribution in [0.5, 0.6) is 5.75 Å². The fraction of sp³-hybridized carbons (Fsp3) is 0.600. The van der Waals surface area contributed by atoms with Gasteiger partial charge in [0.05, 0.1) is 18.3 Å². The molecule has 1 fully saturated rings. The number of benzene rings is 1. The molecule has 148 valence electrons. The van der Waals surface area contributed by atoms with Crippen LogP contribution >= 0.6 is 0 Å². The molecular formula is C20H29N3O4. The number of hydrogen-bond acceptors (Lipinski definition) is 5. The van der Waals surface area contributed by atoms with Crippen molar-refractivity contribution in [2.24, 2.45) is 0 Å². The van der Waals surface area contributed by atoms with Crippen LogP contribution in [0.3, 0.4) is 0 Å².